The van der Waals surface area contributed by atoms with Gasteiger partial charge in [0.25, 0.3) is 0 Å². The molecule has 2 aliphatic heterocycles. The second kappa shape index (κ2) is 10.4. The van der Waals surface area contributed by atoms with Gasteiger partial charge in [-0.3, -0.25) is 9.59 Å². The maximum absolute atomic E-state index is 14.4. The molecule has 2 heterocycles. The quantitative estimate of drug-likeness (QED) is 0.224. The number of hydrogen-bond acceptors (Lipinski definition) is 8. The lowest BCUT2D eigenvalue weighted by molar-refractivity contribution is -0.169. The summed E-state index contributed by atoms with van der Waals surface area (Å²) in [7, 11) is 0. The third-order valence-corrected chi connectivity index (χ3v) is 10.9. The Balaban J connectivity index is 1.28. The first kappa shape index (κ1) is 29.3. The lowest BCUT2D eigenvalue weighted by Crippen LogP contribution is -2.57. The number of amides is 1. The number of aromatic hydroxyl groups is 2. The molecule has 224 valence electrons. The molecule has 4 bridgehead atoms. The summed E-state index contributed by atoms with van der Waals surface area (Å²) in [4.78, 5) is 40.5. The number of ketones is 1. The molecule has 3 aliphatic carbocycles. The van der Waals surface area contributed by atoms with Crippen LogP contribution in [0.5, 0.6) is 11.5 Å². The number of carboxylic acid groups (broad SMARTS) is 1. The number of benzene rings is 2. The van der Waals surface area contributed by atoms with Gasteiger partial charge in [0.2, 0.25) is 5.91 Å². The van der Waals surface area contributed by atoms with Crippen LogP contribution < -0.4 is 11.1 Å². The number of allylic oxidation sites excluding steroid dienone is 2. The van der Waals surface area contributed by atoms with Gasteiger partial charge in [-0.15, -0.1) is 0 Å². The second-order valence-electron chi connectivity index (χ2n) is 12.6. The Labute approximate surface area is 253 Å². The zero-order chi connectivity index (χ0) is 30.7. The van der Waals surface area contributed by atoms with Crippen LogP contribution in [0.3, 0.4) is 0 Å². The fourth-order valence-corrected chi connectivity index (χ4v) is 9.32. The van der Waals surface area contributed by atoms with Crippen molar-refractivity contribution in [3.05, 3.63) is 58.5 Å². The Morgan fingerprint density at radius 3 is 2.58 bits per heavy atom. The molecule has 2 aromatic carbocycles. The van der Waals surface area contributed by atoms with Gasteiger partial charge in [-0.1, -0.05) is 36.6 Å². The number of ether oxygens (including phenoxy) is 1. The van der Waals surface area contributed by atoms with E-state index in [4.69, 9.17) is 10.5 Å². The molecule has 43 heavy (non-hydrogen) atoms. The lowest BCUT2D eigenvalue weighted by Gasteiger charge is -2.56. The van der Waals surface area contributed by atoms with Crippen LogP contribution in [0.4, 0.5) is 5.69 Å². The first-order valence-electron chi connectivity index (χ1n) is 14.4. The fraction of sp³-hybridized carbons (Fsp3) is 0.424. The summed E-state index contributed by atoms with van der Waals surface area (Å²) in [6, 6.07) is 9.86. The molecule has 0 unspecified atom stereocenters. The van der Waals surface area contributed by atoms with Crippen molar-refractivity contribution in [2.75, 3.05) is 11.9 Å². The van der Waals surface area contributed by atoms with Gasteiger partial charge in [-0.25, -0.2) is 4.79 Å². The Kier molecular flexibility index (Phi) is 7.11. The highest BCUT2D eigenvalue weighted by Crippen LogP contribution is 2.72. The number of nitrogens with two attached hydrogens (primary N) is 1. The number of anilines is 1. The van der Waals surface area contributed by atoms with E-state index in [1.165, 1.54) is 11.8 Å². The van der Waals surface area contributed by atoms with Gasteiger partial charge in [0.1, 0.15) is 17.0 Å². The van der Waals surface area contributed by atoms with E-state index in [1.807, 2.05) is 31.2 Å². The molecular weight excluding hydrogens is 568 g/mol. The fourth-order valence-electron chi connectivity index (χ4n) is 8.18. The largest absolute Gasteiger partial charge is 0.506 e. The normalized spacial score (nSPS) is 31.7. The van der Waals surface area contributed by atoms with Crippen LogP contribution in [0.15, 0.2) is 52.3 Å². The summed E-state index contributed by atoms with van der Waals surface area (Å²) in [5.74, 6) is 3.02. The zero-order valence-electron chi connectivity index (χ0n) is 24.0. The van der Waals surface area contributed by atoms with Gasteiger partial charge >= 0.3 is 5.97 Å². The first-order valence-corrected chi connectivity index (χ1v) is 15.2. The highest BCUT2D eigenvalue weighted by molar-refractivity contribution is 8.04. The minimum absolute atomic E-state index is 0.0333. The molecule has 2 saturated carbocycles. The van der Waals surface area contributed by atoms with Crippen LogP contribution in [0, 0.1) is 34.5 Å². The maximum atomic E-state index is 14.4. The van der Waals surface area contributed by atoms with Crippen LogP contribution in [-0.4, -0.2) is 51.2 Å². The average Bonchev–Trinajstić information content (AvgIpc) is 3.32. The van der Waals surface area contributed by atoms with Crippen LogP contribution in [0.25, 0.3) is 0 Å². The molecule has 1 spiro atoms. The molecule has 0 radical (unpaired) electrons. The van der Waals surface area contributed by atoms with E-state index in [-0.39, 0.29) is 53.9 Å². The molecular formula is C33H34N2O7S. The van der Waals surface area contributed by atoms with Gasteiger partial charge in [0, 0.05) is 28.2 Å². The van der Waals surface area contributed by atoms with Gasteiger partial charge in [0.05, 0.1) is 23.2 Å². The van der Waals surface area contributed by atoms with Crippen molar-refractivity contribution < 1.29 is 34.4 Å². The molecule has 2 saturated heterocycles. The Hall–Kier alpha value is -3.78. The summed E-state index contributed by atoms with van der Waals surface area (Å²) < 4.78 is 6.58. The summed E-state index contributed by atoms with van der Waals surface area (Å²) in [5, 5.41) is 32.4. The number of rotatable bonds is 7. The van der Waals surface area contributed by atoms with E-state index in [0.29, 0.717) is 10.8 Å². The minimum Gasteiger partial charge on any atom is -0.506 e. The predicted octanol–water partition coefficient (Wildman–Crippen LogP) is 4.66. The third-order valence-electron chi connectivity index (χ3n) is 9.89. The number of carbonyl (C=O) groups is 3. The molecule has 7 rings (SSSR count). The summed E-state index contributed by atoms with van der Waals surface area (Å²) >= 11 is 1.43. The van der Waals surface area contributed by atoms with Crippen molar-refractivity contribution in [1.82, 2.24) is 0 Å². The van der Waals surface area contributed by atoms with E-state index in [9.17, 15) is 29.7 Å². The van der Waals surface area contributed by atoms with Gasteiger partial charge < -0.3 is 31.1 Å². The standard InChI is InChI=1S/C33H34N2O7S/c1-31(12-11-25(37)35-26-22(36)10-9-21(27(26)38)30(40)41)28-23-14-19-15-33(28,17-32(19,2)42-23)16-24(29(31)39)43-20-7-5-18(6-8-20)4-3-13-34/h5-10,16,19,23,28,36,38H,11-15,17,34H2,1-2H3,(H,35,37)(H,40,41)/t19-,23+,28+,31+,32+,33-/m1/s1. The predicted molar refractivity (Wildman–Crippen MR) is 161 cm³/mol. The monoisotopic (exact) mass is 602 g/mol. The number of thioether (sulfide) groups is 1. The van der Waals surface area contributed by atoms with Gasteiger partial charge in [0.15, 0.2) is 11.5 Å². The van der Waals surface area contributed by atoms with E-state index in [0.717, 1.165) is 41.9 Å². The molecule has 6 atom stereocenters. The van der Waals surface area contributed by atoms with Gasteiger partial charge in [-0.2, -0.15) is 0 Å². The number of carbonyl (C=O) groups excluding carboxylic acids is 2. The maximum Gasteiger partial charge on any atom is 0.339 e. The van der Waals surface area contributed by atoms with Gasteiger partial charge in [-0.05, 0) is 80.3 Å². The minimum atomic E-state index is -1.40. The summed E-state index contributed by atoms with van der Waals surface area (Å²) in [5.41, 5.74) is 4.16. The van der Waals surface area contributed by atoms with Crippen LogP contribution in [-0.2, 0) is 14.3 Å². The molecule has 0 aromatic heterocycles. The number of phenolic OH excluding ortho intramolecular Hbond substituents is 1. The van der Waals surface area contributed by atoms with E-state index < -0.39 is 34.4 Å². The Bertz CT molecular complexity index is 1630. The summed E-state index contributed by atoms with van der Waals surface area (Å²) in [6.45, 7) is 4.39. The summed E-state index contributed by atoms with van der Waals surface area (Å²) in [6.07, 6.45) is 4.89. The average molecular weight is 603 g/mol. The number of carboxylic acids is 1. The number of aromatic carboxylic acids is 1. The number of hydrogen-bond donors (Lipinski definition) is 5. The second-order valence-corrected chi connectivity index (χ2v) is 13.7. The van der Waals surface area contributed by atoms with E-state index >= 15 is 0 Å². The van der Waals surface area contributed by atoms with Crippen molar-refractivity contribution >= 4 is 35.1 Å². The number of phenols is 2. The third kappa shape index (κ3) is 4.80. The van der Waals surface area contributed by atoms with Crippen molar-refractivity contribution in [3.63, 3.8) is 0 Å². The van der Waals surface area contributed by atoms with Crippen LogP contribution >= 0.6 is 11.8 Å². The molecule has 5 aliphatic rings. The van der Waals surface area contributed by atoms with Crippen molar-refractivity contribution in [2.24, 2.45) is 28.4 Å². The molecule has 4 fully saturated rings. The lowest BCUT2D eigenvalue weighted by atomic mass is 9.51. The zero-order valence-corrected chi connectivity index (χ0v) is 24.8. The first-order chi connectivity index (χ1) is 20.4. The highest BCUT2D eigenvalue weighted by atomic mass is 32.2. The Morgan fingerprint density at radius 2 is 1.91 bits per heavy atom. The van der Waals surface area contributed by atoms with Crippen LogP contribution in [0.2, 0.25) is 0 Å². The molecule has 9 nitrogen and oxygen atoms in total. The Morgan fingerprint density at radius 1 is 1.16 bits per heavy atom. The number of Topliss-reactive ketones (excluding diaryl/α,β-unsaturated/α-hetero) is 1. The smallest absolute Gasteiger partial charge is 0.339 e. The molecule has 2 aromatic rings. The number of nitrogens with one attached hydrogen (secondary N) is 1. The molecule has 1 amide bonds. The van der Waals surface area contributed by atoms with Crippen molar-refractivity contribution in [2.45, 2.75) is 62.6 Å². The van der Waals surface area contributed by atoms with Crippen LogP contribution in [0.1, 0.15) is 61.9 Å². The van der Waals surface area contributed by atoms with Crippen molar-refractivity contribution in [1.29, 1.82) is 0 Å². The molecule has 6 N–H and O–H groups in total. The molecule has 10 heteroatoms. The topological polar surface area (TPSA) is 159 Å². The van der Waals surface area contributed by atoms with E-state index in [2.05, 4.69) is 30.2 Å². The van der Waals surface area contributed by atoms with Crippen molar-refractivity contribution in [3.8, 4) is 23.3 Å². The SMILES string of the molecule is C[C@]12C[C@@]34C=C(Sc5ccc(C#CCN)cc5)C(=O)[C@@](C)(CCC(=O)Nc5c(O)ccc(C(=O)O)c5O)[C@@H]3[C@H](C[C@@H]1C4)O2. The highest BCUT2D eigenvalue weighted by Gasteiger charge is 2.72. The van der Waals surface area contributed by atoms with E-state index in [1.54, 1.807) is 0 Å².